The molecule has 1 fully saturated rings. The molecule has 3 aromatic carbocycles. The summed E-state index contributed by atoms with van der Waals surface area (Å²) in [7, 11) is 1.62. The van der Waals surface area contributed by atoms with Gasteiger partial charge in [0.25, 0.3) is 0 Å². The highest BCUT2D eigenvalue weighted by molar-refractivity contribution is 5.74. The molecule has 7 N–H and O–H groups in total. The Kier molecular flexibility index (Phi) is 11.0. The number of phenolic OH excluding ortho intramolecular Hbond substituents is 1. The van der Waals surface area contributed by atoms with Gasteiger partial charge in [-0.3, -0.25) is 5.84 Å². The second-order valence-electron chi connectivity index (χ2n) is 14.2. The van der Waals surface area contributed by atoms with Crippen LogP contribution in [0, 0.1) is 11.3 Å². The molecule has 0 amide bonds. The Labute approximate surface area is 290 Å². The van der Waals surface area contributed by atoms with Crippen molar-refractivity contribution in [3.8, 4) is 23.0 Å². The van der Waals surface area contributed by atoms with Crippen LogP contribution in [0.2, 0.25) is 0 Å². The van der Waals surface area contributed by atoms with E-state index in [9.17, 15) is 15.3 Å². The van der Waals surface area contributed by atoms with Crippen LogP contribution >= 0.6 is 0 Å². The normalized spacial score (nSPS) is 22.8. The van der Waals surface area contributed by atoms with Crippen molar-refractivity contribution in [1.82, 2.24) is 10.7 Å². The first kappa shape index (κ1) is 35.9. The van der Waals surface area contributed by atoms with E-state index in [1.165, 1.54) is 0 Å². The molecule has 0 aromatic heterocycles. The lowest BCUT2D eigenvalue weighted by Crippen LogP contribution is -2.63. The molecule has 0 unspecified atom stereocenters. The van der Waals surface area contributed by atoms with Gasteiger partial charge < -0.3 is 40.3 Å². The van der Waals surface area contributed by atoms with Crippen molar-refractivity contribution in [3.05, 3.63) is 106 Å². The monoisotopic (exact) mass is 669 g/mol. The van der Waals surface area contributed by atoms with E-state index in [1.54, 1.807) is 19.4 Å². The number of phenols is 1. The summed E-state index contributed by atoms with van der Waals surface area (Å²) in [6, 6.07) is 17.7. The molecule has 9 heteroatoms. The number of hydrogen-bond donors (Lipinski definition) is 6. The minimum atomic E-state index is -0.866. The maximum Gasteiger partial charge on any atom is 0.165 e. The number of ether oxygens (including phenoxy) is 3. The van der Waals surface area contributed by atoms with Gasteiger partial charge in [-0.15, -0.1) is 0 Å². The maximum absolute atomic E-state index is 11.2. The second kappa shape index (κ2) is 15.0. The quantitative estimate of drug-likeness (QED) is 0.0592. The lowest BCUT2D eigenvalue weighted by atomic mass is 9.57. The van der Waals surface area contributed by atoms with Crippen LogP contribution in [0.25, 0.3) is 12.2 Å². The summed E-state index contributed by atoms with van der Waals surface area (Å²) in [4.78, 5) is 0. The van der Waals surface area contributed by atoms with E-state index in [2.05, 4.69) is 22.9 Å². The lowest BCUT2D eigenvalue weighted by Gasteiger charge is -2.56. The van der Waals surface area contributed by atoms with E-state index >= 15 is 0 Å². The molecule has 2 aliphatic rings. The molecular weight excluding hydrogens is 618 g/mol. The third-order valence-electron chi connectivity index (χ3n) is 9.89. The van der Waals surface area contributed by atoms with Gasteiger partial charge >= 0.3 is 0 Å². The number of methoxy groups -OCH3 is 1. The van der Waals surface area contributed by atoms with Gasteiger partial charge in [0.2, 0.25) is 0 Å². The van der Waals surface area contributed by atoms with E-state index in [1.807, 2.05) is 89.2 Å². The summed E-state index contributed by atoms with van der Waals surface area (Å²) in [5, 5.41) is 35.9. The van der Waals surface area contributed by atoms with E-state index in [-0.39, 0.29) is 18.3 Å². The van der Waals surface area contributed by atoms with Crippen molar-refractivity contribution in [1.29, 1.82) is 0 Å². The number of aromatic hydroxyl groups is 1. The maximum atomic E-state index is 11.2. The largest absolute Gasteiger partial charge is 0.507 e. The zero-order chi connectivity index (χ0) is 35.3. The number of aliphatic hydroxyl groups excluding tert-OH is 2. The molecule has 5 rings (SSSR count). The Hall–Kier alpha value is -4.44. The smallest absolute Gasteiger partial charge is 0.165 e. The topological polar surface area (TPSA) is 138 Å². The Morgan fingerprint density at radius 2 is 1.71 bits per heavy atom. The average molecular weight is 670 g/mol. The molecule has 0 bridgehead atoms. The van der Waals surface area contributed by atoms with Crippen molar-refractivity contribution >= 4 is 12.2 Å². The Morgan fingerprint density at radius 3 is 2.39 bits per heavy atom. The number of aliphatic hydroxyl groups is 2. The first-order valence-corrected chi connectivity index (χ1v) is 16.8. The first-order chi connectivity index (χ1) is 23.3. The summed E-state index contributed by atoms with van der Waals surface area (Å²) >= 11 is 0. The van der Waals surface area contributed by atoms with Gasteiger partial charge in [-0.1, -0.05) is 68.0 Å². The summed E-state index contributed by atoms with van der Waals surface area (Å²) in [6.45, 7) is 10.8. The fraction of sp³-hybridized carbons (Fsp3) is 0.400. The molecule has 1 aliphatic carbocycles. The Morgan fingerprint density at radius 1 is 1.02 bits per heavy atom. The molecule has 9 nitrogen and oxygen atoms in total. The fourth-order valence-corrected chi connectivity index (χ4v) is 7.15. The van der Waals surface area contributed by atoms with Gasteiger partial charge in [-0.25, -0.2) is 0 Å². The predicted octanol–water partition coefficient (Wildman–Crippen LogP) is 6.01. The zero-order valence-electron chi connectivity index (χ0n) is 29.4. The number of nitrogens with two attached hydrogens (primary N) is 1. The highest BCUT2D eigenvalue weighted by Crippen LogP contribution is 2.55. The highest BCUT2D eigenvalue weighted by Gasteiger charge is 2.58. The molecule has 262 valence electrons. The summed E-state index contributed by atoms with van der Waals surface area (Å²) in [6.07, 6.45) is 7.55. The van der Waals surface area contributed by atoms with Gasteiger partial charge in [0.1, 0.15) is 23.7 Å². The number of allylic oxidation sites excluding steroid dienone is 2. The third-order valence-corrected chi connectivity index (χ3v) is 9.89. The number of hydrazine groups is 1. The molecule has 1 aliphatic heterocycles. The Bertz CT molecular complexity index is 1710. The number of rotatable bonds is 12. The van der Waals surface area contributed by atoms with Crippen molar-refractivity contribution in [2.24, 2.45) is 17.2 Å². The van der Waals surface area contributed by atoms with Gasteiger partial charge in [0.15, 0.2) is 11.5 Å². The molecule has 4 atom stereocenters. The Balaban J connectivity index is 1.40. The van der Waals surface area contributed by atoms with Crippen LogP contribution < -0.4 is 30.8 Å². The number of nitrogens with one attached hydrogen (secondary N) is 2. The average Bonchev–Trinajstić information content (AvgIpc) is 3.07. The van der Waals surface area contributed by atoms with Gasteiger partial charge in [0, 0.05) is 36.1 Å². The van der Waals surface area contributed by atoms with Crippen molar-refractivity contribution in [2.45, 2.75) is 78.2 Å². The number of fused-ring (bicyclic) bond motifs is 2. The van der Waals surface area contributed by atoms with Gasteiger partial charge in [-0.2, -0.15) is 0 Å². The van der Waals surface area contributed by atoms with E-state index in [4.69, 9.17) is 20.1 Å². The molecule has 3 aromatic rings. The molecule has 1 saturated carbocycles. The van der Waals surface area contributed by atoms with Crippen LogP contribution in [0.5, 0.6) is 23.0 Å². The zero-order valence-corrected chi connectivity index (χ0v) is 29.4. The van der Waals surface area contributed by atoms with Crippen LogP contribution in [-0.2, 0) is 19.4 Å². The summed E-state index contributed by atoms with van der Waals surface area (Å²) < 4.78 is 18.6. The molecule has 0 spiro atoms. The first-order valence-electron chi connectivity index (χ1n) is 16.8. The van der Waals surface area contributed by atoms with Gasteiger partial charge in [-0.05, 0) is 80.1 Å². The van der Waals surface area contributed by atoms with E-state index in [0.717, 1.165) is 27.8 Å². The minimum Gasteiger partial charge on any atom is -0.507 e. The summed E-state index contributed by atoms with van der Waals surface area (Å²) in [5.74, 6) is 7.77. The van der Waals surface area contributed by atoms with Crippen LogP contribution in [0.1, 0.15) is 68.9 Å². The minimum absolute atomic E-state index is 0.0182. The van der Waals surface area contributed by atoms with Gasteiger partial charge in [0.05, 0.1) is 25.0 Å². The number of hydrogen-bond acceptors (Lipinski definition) is 9. The fourth-order valence-electron chi connectivity index (χ4n) is 7.15. The van der Waals surface area contributed by atoms with E-state index in [0.29, 0.717) is 54.3 Å². The van der Waals surface area contributed by atoms with E-state index < -0.39 is 23.2 Å². The SMILES string of the molecule is COc1cc(/C=C/c2cc(O)c(CC=C(C)C)c(OC/C(=C/NCc3ccccc3)NN)c2)cc2c1O[C@]1(C)C[C@@H](O)[C@@H](O)C(C)(C)[C@H]1C2. The molecule has 49 heavy (non-hydrogen) atoms. The number of benzene rings is 3. The predicted molar refractivity (Wildman–Crippen MR) is 194 cm³/mol. The molecule has 0 radical (unpaired) electrons. The summed E-state index contributed by atoms with van der Waals surface area (Å²) in [5.41, 5.74) is 7.75. The van der Waals surface area contributed by atoms with Crippen LogP contribution in [0.15, 0.2) is 78.1 Å². The second-order valence-corrected chi connectivity index (χ2v) is 14.2. The van der Waals surface area contributed by atoms with Crippen LogP contribution in [0.3, 0.4) is 0 Å². The van der Waals surface area contributed by atoms with Crippen LogP contribution in [0.4, 0.5) is 0 Å². The standard InChI is InChI=1S/C40H51N3O6/c1-25(2)12-15-31-32(44)17-28(18-34(31)48-24-30(43-41)23-42-22-26-10-8-7-9-11-26)14-13-27-16-29-20-36-39(3,4)38(46)33(45)21-40(36,5)49-37(29)35(19-27)47-6/h7-14,16-19,23,33,36,38,42-46H,15,20-22,24,41H2,1-6H3/b14-13+,30-23-/t33-,36-,38-,40-/m1/s1. The molecule has 0 saturated heterocycles. The molecular formula is C40H51N3O6. The van der Waals surface area contributed by atoms with Crippen molar-refractivity contribution in [3.63, 3.8) is 0 Å². The van der Waals surface area contributed by atoms with Crippen molar-refractivity contribution in [2.75, 3.05) is 13.7 Å². The lowest BCUT2D eigenvalue weighted by molar-refractivity contribution is -0.187. The highest BCUT2D eigenvalue weighted by atomic mass is 16.5. The molecule has 1 heterocycles. The van der Waals surface area contributed by atoms with Crippen molar-refractivity contribution < 1.29 is 29.5 Å². The third kappa shape index (κ3) is 8.07. The van der Waals surface area contributed by atoms with Crippen LogP contribution in [-0.4, -0.2) is 46.8 Å².